The molecular weight excluding hydrogens is 200 g/mol. The molecule has 0 aliphatic heterocycles. The fraction of sp³-hybridized carbons (Fsp3) is 0.300. The van der Waals surface area contributed by atoms with Gasteiger partial charge in [-0.2, -0.15) is 0 Å². The maximum Gasteiger partial charge on any atom is 0.197 e. The highest BCUT2D eigenvalue weighted by atomic mass is 35.5. The van der Waals surface area contributed by atoms with Crippen molar-refractivity contribution in [3.8, 4) is 0 Å². The van der Waals surface area contributed by atoms with E-state index in [-0.39, 0.29) is 6.04 Å². The second kappa shape index (κ2) is 3.59. The van der Waals surface area contributed by atoms with Gasteiger partial charge in [0.25, 0.3) is 0 Å². The van der Waals surface area contributed by atoms with Crippen LogP contribution in [0.4, 0.5) is 0 Å². The molecule has 1 unspecified atom stereocenters. The van der Waals surface area contributed by atoms with E-state index in [4.69, 9.17) is 21.8 Å². The molecule has 2 aromatic rings. The largest absolute Gasteiger partial charge is 0.441 e. The smallest absolute Gasteiger partial charge is 0.197 e. The summed E-state index contributed by atoms with van der Waals surface area (Å²) in [7, 11) is 0. The van der Waals surface area contributed by atoms with E-state index in [2.05, 4.69) is 4.98 Å². The number of aromatic nitrogens is 1. The molecule has 0 spiro atoms. The molecule has 0 saturated heterocycles. The van der Waals surface area contributed by atoms with Crippen LogP contribution >= 0.6 is 11.6 Å². The first-order chi connectivity index (χ1) is 6.65. The molecule has 1 aromatic heterocycles. The predicted molar refractivity (Wildman–Crippen MR) is 56.4 cm³/mol. The summed E-state index contributed by atoms with van der Waals surface area (Å²) in [5.74, 6) is 0.664. The van der Waals surface area contributed by atoms with Crippen molar-refractivity contribution in [3.05, 3.63) is 29.1 Å². The standard InChI is InChI=1S/C10H11ClN2O/c1-6(12)4-10-13-8-3-2-7(11)5-9(8)14-10/h2-3,5-6H,4,12H2,1H3. The molecule has 0 amide bonds. The van der Waals surface area contributed by atoms with Crippen molar-refractivity contribution in [1.29, 1.82) is 0 Å². The van der Waals surface area contributed by atoms with Crippen molar-refractivity contribution in [2.75, 3.05) is 0 Å². The summed E-state index contributed by atoms with van der Waals surface area (Å²) in [6.45, 7) is 1.92. The van der Waals surface area contributed by atoms with E-state index in [0.717, 1.165) is 5.52 Å². The second-order valence-electron chi connectivity index (χ2n) is 3.40. The third kappa shape index (κ3) is 1.89. The number of halogens is 1. The molecule has 1 aromatic carbocycles. The van der Waals surface area contributed by atoms with Gasteiger partial charge in [0.05, 0.1) is 0 Å². The number of oxazole rings is 1. The minimum atomic E-state index is 0.0542. The van der Waals surface area contributed by atoms with Crippen LogP contribution in [0.15, 0.2) is 22.6 Å². The minimum Gasteiger partial charge on any atom is -0.441 e. The molecule has 3 nitrogen and oxygen atoms in total. The summed E-state index contributed by atoms with van der Waals surface area (Å²) in [6, 6.07) is 5.45. The Morgan fingerprint density at radius 1 is 1.57 bits per heavy atom. The SMILES string of the molecule is CC(N)Cc1nc2ccc(Cl)cc2o1. The zero-order valence-electron chi connectivity index (χ0n) is 7.83. The van der Waals surface area contributed by atoms with Crippen LogP contribution in [0.1, 0.15) is 12.8 Å². The van der Waals surface area contributed by atoms with E-state index in [1.165, 1.54) is 0 Å². The normalized spacial score (nSPS) is 13.4. The number of hydrogen-bond donors (Lipinski definition) is 1. The molecule has 74 valence electrons. The van der Waals surface area contributed by atoms with Crippen molar-refractivity contribution in [1.82, 2.24) is 4.98 Å². The summed E-state index contributed by atoms with van der Waals surface area (Å²) >= 11 is 5.82. The van der Waals surface area contributed by atoms with Gasteiger partial charge >= 0.3 is 0 Å². The average molecular weight is 211 g/mol. The molecule has 2 N–H and O–H groups in total. The number of nitrogens with two attached hydrogens (primary N) is 1. The van der Waals surface area contributed by atoms with Gasteiger partial charge in [-0.15, -0.1) is 0 Å². The van der Waals surface area contributed by atoms with Crippen molar-refractivity contribution in [3.63, 3.8) is 0 Å². The monoisotopic (exact) mass is 210 g/mol. The van der Waals surface area contributed by atoms with Crippen molar-refractivity contribution < 1.29 is 4.42 Å². The van der Waals surface area contributed by atoms with Gasteiger partial charge in [0.2, 0.25) is 0 Å². The van der Waals surface area contributed by atoms with Gasteiger partial charge in [-0.3, -0.25) is 0 Å². The lowest BCUT2D eigenvalue weighted by atomic mass is 10.2. The third-order valence-electron chi connectivity index (χ3n) is 1.89. The lowest BCUT2D eigenvalue weighted by Gasteiger charge is -1.97. The first kappa shape index (κ1) is 9.49. The number of nitrogens with zero attached hydrogens (tertiary/aromatic N) is 1. The van der Waals surface area contributed by atoms with Gasteiger partial charge < -0.3 is 10.2 Å². The van der Waals surface area contributed by atoms with E-state index in [1.807, 2.05) is 13.0 Å². The Morgan fingerprint density at radius 3 is 3.07 bits per heavy atom. The van der Waals surface area contributed by atoms with Crippen molar-refractivity contribution in [2.45, 2.75) is 19.4 Å². The molecule has 0 radical (unpaired) electrons. The molecular formula is C10H11ClN2O. The summed E-state index contributed by atoms with van der Waals surface area (Å²) < 4.78 is 5.48. The molecule has 14 heavy (non-hydrogen) atoms. The van der Waals surface area contributed by atoms with Crippen LogP contribution in [-0.2, 0) is 6.42 Å². The number of hydrogen-bond acceptors (Lipinski definition) is 3. The van der Waals surface area contributed by atoms with E-state index in [1.54, 1.807) is 12.1 Å². The Labute approximate surface area is 86.9 Å². The van der Waals surface area contributed by atoms with Crippen LogP contribution in [0.2, 0.25) is 5.02 Å². The Morgan fingerprint density at radius 2 is 2.36 bits per heavy atom. The quantitative estimate of drug-likeness (QED) is 0.828. The number of fused-ring (bicyclic) bond motifs is 1. The summed E-state index contributed by atoms with van der Waals surface area (Å²) in [5, 5.41) is 0.654. The van der Waals surface area contributed by atoms with E-state index in [9.17, 15) is 0 Å². The highest BCUT2D eigenvalue weighted by molar-refractivity contribution is 6.31. The Kier molecular flexibility index (Phi) is 2.44. The topological polar surface area (TPSA) is 52.0 Å². The fourth-order valence-electron chi connectivity index (χ4n) is 1.31. The van der Waals surface area contributed by atoms with E-state index in [0.29, 0.717) is 22.9 Å². The molecule has 0 aliphatic carbocycles. The molecule has 4 heteroatoms. The lowest BCUT2D eigenvalue weighted by Crippen LogP contribution is -2.17. The van der Waals surface area contributed by atoms with Crippen molar-refractivity contribution in [2.24, 2.45) is 5.73 Å². The van der Waals surface area contributed by atoms with Gasteiger partial charge in [0.15, 0.2) is 11.5 Å². The van der Waals surface area contributed by atoms with Crippen LogP contribution < -0.4 is 5.73 Å². The first-order valence-corrected chi connectivity index (χ1v) is 4.83. The molecule has 2 rings (SSSR count). The van der Waals surface area contributed by atoms with Gasteiger partial charge in [-0.1, -0.05) is 11.6 Å². The van der Waals surface area contributed by atoms with Crippen LogP contribution in [0.3, 0.4) is 0 Å². The van der Waals surface area contributed by atoms with Gasteiger partial charge in [0, 0.05) is 23.6 Å². The molecule has 0 bridgehead atoms. The van der Waals surface area contributed by atoms with Crippen LogP contribution in [0.5, 0.6) is 0 Å². The van der Waals surface area contributed by atoms with Crippen LogP contribution in [0.25, 0.3) is 11.1 Å². The third-order valence-corrected chi connectivity index (χ3v) is 2.13. The van der Waals surface area contributed by atoms with Gasteiger partial charge in [0.1, 0.15) is 5.52 Å². The zero-order valence-corrected chi connectivity index (χ0v) is 8.58. The maximum absolute atomic E-state index is 5.82. The molecule has 0 saturated carbocycles. The Balaban J connectivity index is 2.41. The van der Waals surface area contributed by atoms with E-state index < -0.39 is 0 Å². The van der Waals surface area contributed by atoms with Crippen LogP contribution in [0, 0.1) is 0 Å². The molecule has 1 atom stereocenters. The van der Waals surface area contributed by atoms with Gasteiger partial charge in [-0.05, 0) is 19.1 Å². The number of benzene rings is 1. The van der Waals surface area contributed by atoms with E-state index >= 15 is 0 Å². The maximum atomic E-state index is 5.82. The van der Waals surface area contributed by atoms with Crippen molar-refractivity contribution >= 4 is 22.7 Å². The predicted octanol–water partition coefficient (Wildman–Crippen LogP) is 2.37. The molecule has 0 fully saturated rings. The molecule has 0 aliphatic rings. The minimum absolute atomic E-state index is 0.0542. The Bertz CT molecular complexity index is 450. The second-order valence-corrected chi connectivity index (χ2v) is 3.84. The Hall–Kier alpha value is -1.06. The fourth-order valence-corrected chi connectivity index (χ4v) is 1.47. The first-order valence-electron chi connectivity index (χ1n) is 4.45. The highest BCUT2D eigenvalue weighted by Crippen LogP contribution is 2.20. The summed E-state index contributed by atoms with van der Waals surface area (Å²) in [5.41, 5.74) is 7.19. The lowest BCUT2D eigenvalue weighted by molar-refractivity contribution is 0.507. The highest BCUT2D eigenvalue weighted by Gasteiger charge is 2.07. The van der Waals surface area contributed by atoms with Crippen LogP contribution in [-0.4, -0.2) is 11.0 Å². The summed E-state index contributed by atoms with van der Waals surface area (Å²) in [6.07, 6.45) is 0.645. The molecule has 1 heterocycles. The average Bonchev–Trinajstić information content (AvgIpc) is 2.44. The summed E-state index contributed by atoms with van der Waals surface area (Å²) in [4.78, 5) is 4.29. The number of rotatable bonds is 2. The van der Waals surface area contributed by atoms with Gasteiger partial charge in [-0.25, -0.2) is 4.98 Å². The zero-order chi connectivity index (χ0) is 10.1.